The molecule has 0 unspecified atom stereocenters. The molecule has 19 heavy (non-hydrogen) atoms. The van der Waals surface area contributed by atoms with Crippen molar-refractivity contribution < 1.29 is 14.3 Å². The van der Waals surface area contributed by atoms with Crippen molar-refractivity contribution in [2.75, 3.05) is 6.61 Å². The number of hydrogen-bond acceptors (Lipinski definition) is 3. The number of hydrogen-bond donors (Lipinski definition) is 0. The second-order valence-corrected chi connectivity index (χ2v) is 3.97. The predicted octanol–water partition coefficient (Wildman–Crippen LogP) is 3.37. The first-order valence-electron chi connectivity index (χ1n) is 6.24. The number of benzene rings is 2. The van der Waals surface area contributed by atoms with Crippen LogP contribution in [0.25, 0.3) is 0 Å². The molecular weight excluding hydrogens is 240 g/mol. The summed E-state index contributed by atoms with van der Waals surface area (Å²) in [7, 11) is 0. The summed E-state index contributed by atoms with van der Waals surface area (Å²) in [5.74, 6) is 0.266. The molecule has 0 saturated heterocycles. The van der Waals surface area contributed by atoms with Gasteiger partial charge in [-0.3, -0.25) is 0 Å². The number of esters is 1. The van der Waals surface area contributed by atoms with Gasteiger partial charge in [0, 0.05) is 5.56 Å². The second-order valence-electron chi connectivity index (χ2n) is 3.97. The first-order chi connectivity index (χ1) is 9.31. The average Bonchev–Trinajstić information content (AvgIpc) is 2.47. The van der Waals surface area contributed by atoms with Crippen LogP contribution in [0.4, 0.5) is 0 Å². The van der Waals surface area contributed by atoms with E-state index in [1.54, 1.807) is 6.92 Å². The van der Waals surface area contributed by atoms with Gasteiger partial charge in [0.2, 0.25) is 6.10 Å². The van der Waals surface area contributed by atoms with Crippen molar-refractivity contribution in [3.05, 3.63) is 66.2 Å². The molecule has 2 rings (SSSR count). The molecule has 0 fully saturated rings. The highest BCUT2D eigenvalue weighted by Crippen LogP contribution is 2.22. The third-order valence-electron chi connectivity index (χ3n) is 2.60. The summed E-state index contributed by atoms with van der Waals surface area (Å²) in [6.45, 7) is 2.11. The third kappa shape index (κ3) is 3.58. The van der Waals surface area contributed by atoms with Gasteiger partial charge in [-0.2, -0.15) is 0 Å². The van der Waals surface area contributed by atoms with Gasteiger partial charge < -0.3 is 9.47 Å². The predicted molar refractivity (Wildman–Crippen MR) is 72.9 cm³/mol. The summed E-state index contributed by atoms with van der Waals surface area (Å²) >= 11 is 0. The van der Waals surface area contributed by atoms with Crippen LogP contribution in [0.3, 0.4) is 0 Å². The molecule has 3 nitrogen and oxygen atoms in total. The molecule has 0 aliphatic carbocycles. The molecule has 0 N–H and O–H groups in total. The Bertz CT molecular complexity index is 508. The quantitative estimate of drug-likeness (QED) is 0.769. The summed E-state index contributed by atoms with van der Waals surface area (Å²) in [6, 6.07) is 18.6. The van der Waals surface area contributed by atoms with Gasteiger partial charge in [0.1, 0.15) is 5.75 Å². The number of para-hydroxylation sites is 1. The molecule has 0 spiro atoms. The van der Waals surface area contributed by atoms with Crippen LogP contribution < -0.4 is 4.74 Å². The average molecular weight is 256 g/mol. The van der Waals surface area contributed by atoms with Gasteiger partial charge >= 0.3 is 5.97 Å². The lowest BCUT2D eigenvalue weighted by Crippen LogP contribution is -2.21. The Kier molecular flexibility index (Phi) is 4.56. The maximum absolute atomic E-state index is 12.0. The van der Waals surface area contributed by atoms with Crippen LogP contribution in [0.1, 0.15) is 18.6 Å². The van der Waals surface area contributed by atoms with Crippen LogP contribution in [0.5, 0.6) is 5.75 Å². The molecule has 3 heteroatoms. The largest absolute Gasteiger partial charge is 0.474 e. The van der Waals surface area contributed by atoms with Crippen molar-refractivity contribution >= 4 is 5.97 Å². The fourth-order valence-corrected chi connectivity index (χ4v) is 1.73. The zero-order valence-corrected chi connectivity index (χ0v) is 10.8. The normalized spacial score (nSPS) is 11.6. The molecule has 2 aromatic carbocycles. The van der Waals surface area contributed by atoms with Crippen molar-refractivity contribution in [2.24, 2.45) is 0 Å². The molecule has 0 aliphatic heterocycles. The van der Waals surface area contributed by atoms with Gasteiger partial charge in [-0.15, -0.1) is 0 Å². The van der Waals surface area contributed by atoms with Crippen molar-refractivity contribution in [1.29, 1.82) is 0 Å². The van der Waals surface area contributed by atoms with E-state index in [-0.39, 0.29) is 5.97 Å². The van der Waals surface area contributed by atoms with E-state index in [9.17, 15) is 4.79 Å². The van der Waals surface area contributed by atoms with Crippen molar-refractivity contribution in [2.45, 2.75) is 13.0 Å². The Morgan fingerprint density at radius 2 is 1.58 bits per heavy atom. The smallest absolute Gasteiger partial charge is 0.352 e. The van der Waals surface area contributed by atoms with Gasteiger partial charge in [0.25, 0.3) is 0 Å². The molecule has 0 aliphatic rings. The Morgan fingerprint density at radius 1 is 1.00 bits per heavy atom. The molecule has 1 atom stereocenters. The van der Waals surface area contributed by atoms with E-state index in [1.807, 2.05) is 60.7 Å². The van der Waals surface area contributed by atoms with Gasteiger partial charge in [0.15, 0.2) is 0 Å². The zero-order chi connectivity index (χ0) is 13.5. The third-order valence-corrected chi connectivity index (χ3v) is 2.60. The van der Waals surface area contributed by atoms with Crippen molar-refractivity contribution in [3.8, 4) is 5.75 Å². The van der Waals surface area contributed by atoms with E-state index in [1.165, 1.54) is 0 Å². The molecule has 0 aromatic heterocycles. The molecule has 98 valence electrons. The van der Waals surface area contributed by atoms with Gasteiger partial charge in [-0.1, -0.05) is 48.5 Å². The minimum atomic E-state index is -0.733. The van der Waals surface area contributed by atoms with Gasteiger partial charge in [-0.05, 0) is 19.1 Å². The minimum Gasteiger partial charge on any atom is -0.474 e. The highest BCUT2D eigenvalue weighted by Gasteiger charge is 2.23. The van der Waals surface area contributed by atoms with Crippen LogP contribution in [-0.4, -0.2) is 12.6 Å². The second kappa shape index (κ2) is 6.59. The minimum absolute atomic E-state index is 0.334. The van der Waals surface area contributed by atoms with Crippen LogP contribution in [0.2, 0.25) is 0 Å². The number of carbonyl (C=O) groups excluding carboxylic acids is 1. The summed E-state index contributed by atoms with van der Waals surface area (Å²) < 4.78 is 10.8. The number of rotatable bonds is 5. The summed E-state index contributed by atoms with van der Waals surface area (Å²) in [5.41, 5.74) is 0.782. The topological polar surface area (TPSA) is 35.5 Å². The molecule has 0 amide bonds. The highest BCUT2D eigenvalue weighted by atomic mass is 16.6. The molecule has 2 aromatic rings. The van der Waals surface area contributed by atoms with E-state index >= 15 is 0 Å². The van der Waals surface area contributed by atoms with E-state index in [0.717, 1.165) is 5.56 Å². The molecule has 0 saturated carbocycles. The SMILES string of the molecule is CCOC(=O)[C@@H](Oc1ccccc1)c1ccccc1. The molecule has 0 bridgehead atoms. The van der Waals surface area contributed by atoms with Crippen molar-refractivity contribution in [1.82, 2.24) is 0 Å². The lowest BCUT2D eigenvalue weighted by atomic mass is 10.1. The van der Waals surface area contributed by atoms with E-state index in [4.69, 9.17) is 9.47 Å². The van der Waals surface area contributed by atoms with E-state index < -0.39 is 6.10 Å². The Balaban J connectivity index is 2.22. The molecular formula is C16H16O3. The van der Waals surface area contributed by atoms with Crippen LogP contribution in [0.15, 0.2) is 60.7 Å². The standard InChI is InChI=1S/C16H16O3/c1-2-18-16(17)15(13-9-5-3-6-10-13)19-14-11-7-4-8-12-14/h3-12,15H,2H2,1H3/t15-/m0/s1. The lowest BCUT2D eigenvalue weighted by molar-refractivity contribution is -0.151. The number of ether oxygens (including phenoxy) is 2. The van der Waals surface area contributed by atoms with E-state index in [0.29, 0.717) is 12.4 Å². The van der Waals surface area contributed by atoms with Crippen molar-refractivity contribution in [3.63, 3.8) is 0 Å². The van der Waals surface area contributed by atoms with Crippen LogP contribution >= 0.6 is 0 Å². The summed E-state index contributed by atoms with van der Waals surface area (Å²) in [4.78, 5) is 12.0. The lowest BCUT2D eigenvalue weighted by Gasteiger charge is -2.17. The summed E-state index contributed by atoms with van der Waals surface area (Å²) in [5, 5.41) is 0. The zero-order valence-electron chi connectivity index (χ0n) is 10.8. The molecule has 0 radical (unpaired) electrons. The number of carbonyl (C=O) groups is 1. The highest BCUT2D eigenvalue weighted by molar-refractivity contribution is 5.77. The first kappa shape index (κ1) is 13.1. The van der Waals surface area contributed by atoms with Crippen LogP contribution in [-0.2, 0) is 9.53 Å². The molecule has 0 heterocycles. The maximum atomic E-state index is 12.0. The Labute approximate surface area is 112 Å². The fraction of sp³-hybridized carbons (Fsp3) is 0.188. The monoisotopic (exact) mass is 256 g/mol. The van der Waals surface area contributed by atoms with Gasteiger partial charge in [-0.25, -0.2) is 4.79 Å². The maximum Gasteiger partial charge on any atom is 0.352 e. The Morgan fingerprint density at radius 3 is 2.16 bits per heavy atom. The first-order valence-corrected chi connectivity index (χ1v) is 6.24. The summed E-state index contributed by atoms with van der Waals surface area (Å²) in [6.07, 6.45) is -0.733. The van der Waals surface area contributed by atoms with Crippen LogP contribution in [0, 0.1) is 0 Å². The Hall–Kier alpha value is -2.29. The van der Waals surface area contributed by atoms with Gasteiger partial charge in [0.05, 0.1) is 6.61 Å². The van der Waals surface area contributed by atoms with E-state index in [2.05, 4.69) is 0 Å². The fourth-order valence-electron chi connectivity index (χ4n) is 1.73.